The maximum Gasteiger partial charge on any atom is 0.346 e. The standard InChI is InChI=1S/C20H18N6O3S/c1-13-4-2-5-14(10-13)11-24-7-8-25-17(19(24)27)22-26(20(25)28)12-16-21-18(29-23-16)15-6-3-9-30-15/h2-6,9-10H,7-8,11-12H2,1H3. The van der Waals surface area contributed by atoms with Crippen LogP contribution in [-0.2, 0) is 19.6 Å². The second kappa shape index (κ2) is 7.38. The molecule has 1 aromatic carbocycles. The number of aryl methyl sites for hydroxylation is 1. The molecular formula is C20H18N6O3S. The van der Waals surface area contributed by atoms with Gasteiger partial charge in [-0.25, -0.2) is 9.48 Å². The molecule has 0 N–H and O–H groups in total. The number of hydrogen-bond acceptors (Lipinski definition) is 7. The molecule has 1 amide bonds. The fourth-order valence-corrected chi connectivity index (χ4v) is 4.15. The molecule has 9 nitrogen and oxygen atoms in total. The van der Waals surface area contributed by atoms with E-state index in [4.69, 9.17) is 4.52 Å². The molecule has 152 valence electrons. The number of rotatable bonds is 5. The van der Waals surface area contributed by atoms with Crippen molar-refractivity contribution >= 4 is 17.2 Å². The number of carbonyl (C=O) groups is 1. The predicted molar refractivity (Wildman–Crippen MR) is 109 cm³/mol. The van der Waals surface area contributed by atoms with Gasteiger partial charge in [-0.3, -0.25) is 9.36 Å². The predicted octanol–water partition coefficient (Wildman–Crippen LogP) is 2.17. The van der Waals surface area contributed by atoms with E-state index in [-0.39, 0.29) is 24.0 Å². The summed E-state index contributed by atoms with van der Waals surface area (Å²) in [5, 5.41) is 10.1. The third-order valence-corrected chi connectivity index (χ3v) is 5.80. The van der Waals surface area contributed by atoms with Gasteiger partial charge in [0.1, 0.15) is 6.54 Å². The van der Waals surface area contributed by atoms with E-state index in [9.17, 15) is 9.59 Å². The highest BCUT2D eigenvalue weighted by atomic mass is 32.1. The second-order valence-corrected chi connectivity index (χ2v) is 8.07. The topological polar surface area (TPSA) is 99.0 Å². The Balaban J connectivity index is 1.37. The van der Waals surface area contributed by atoms with Gasteiger partial charge in [0.15, 0.2) is 5.82 Å². The molecule has 0 saturated carbocycles. The van der Waals surface area contributed by atoms with E-state index in [2.05, 4.69) is 21.3 Å². The van der Waals surface area contributed by atoms with Crippen LogP contribution in [0.3, 0.4) is 0 Å². The smallest absolute Gasteiger partial charge is 0.333 e. The molecule has 1 aliphatic rings. The quantitative estimate of drug-likeness (QED) is 0.489. The molecule has 5 rings (SSSR count). The summed E-state index contributed by atoms with van der Waals surface area (Å²) < 4.78 is 7.89. The summed E-state index contributed by atoms with van der Waals surface area (Å²) in [7, 11) is 0. The Morgan fingerprint density at radius 2 is 2.03 bits per heavy atom. The highest BCUT2D eigenvalue weighted by Gasteiger charge is 2.30. The van der Waals surface area contributed by atoms with Crippen LogP contribution in [0.1, 0.15) is 27.6 Å². The number of amides is 1. The zero-order valence-corrected chi connectivity index (χ0v) is 17.0. The van der Waals surface area contributed by atoms with Crippen LogP contribution < -0.4 is 5.69 Å². The zero-order chi connectivity index (χ0) is 20.7. The maximum absolute atomic E-state index is 12.9. The van der Waals surface area contributed by atoms with Crippen molar-refractivity contribution in [2.75, 3.05) is 6.54 Å². The van der Waals surface area contributed by atoms with Crippen molar-refractivity contribution in [2.24, 2.45) is 0 Å². The van der Waals surface area contributed by atoms with Crippen molar-refractivity contribution in [1.82, 2.24) is 29.4 Å². The number of nitrogens with zero attached hydrogens (tertiary/aromatic N) is 6. The third-order valence-electron chi connectivity index (χ3n) is 4.94. The lowest BCUT2D eigenvalue weighted by Crippen LogP contribution is -2.42. The van der Waals surface area contributed by atoms with E-state index >= 15 is 0 Å². The summed E-state index contributed by atoms with van der Waals surface area (Å²) in [6.45, 7) is 3.40. The maximum atomic E-state index is 12.9. The number of thiophene rings is 1. The molecule has 4 heterocycles. The zero-order valence-electron chi connectivity index (χ0n) is 16.2. The summed E-state index contributed by atoms with van der Waals surface area (Å²) in [5.74, 6) is 0.615. The fourth-order valence-electron chi connectivity index (χ4n) is 3.50. The Labute approximate surface area is 175 Å². The molecule has 10 heteroatoms. The largest absolute Gasteiger partial charge is 0.346 e. The highest BCUT2D eigenvalue weighted by molar-refractivity contribution is 7.13. The summed E-state index contributed by atoms with van der Waals surface area (Å²) in [5.41, 5.74) is 1.84. The number of fused-ring (bicyclic) bond motifs is 1. The molecule has 30 heavy (non-hydrogen) atoms. The third kappa shape index (κ3) is 3.35. The lowest BCUT2D eigenvalue weighted by molar-refractivity contribution is 0.0681. The van der Waals surface area contributed by atoms with Crippen LogP contribution in [0.2, 0.25) is 0 Å². The van der Waals surface area contributed by atoms with Gasteiger partial charge in [-0.2, -0.15) is 4.98 Å². The molecule has 0 atom stereocenters. The Kier molecular flexibility index (Phi) is 4.55. The van der Waals surface area contributed by atoms with Gasteiger partial charge in [0.2, 0.25) is 5.82 Å². The lowest BCUT2D eigenvalue weighted by Gasteiger charge is -2.26. The van der Waals surface area contributed by atoms with Crippen molar-refractivity contribution in [1.29, 1.82) is 0 Å². The molecular weight excluding hydrogens is 404 g/mol. The highest BCUT2D eigenvalue weighted by Crippen LogP contribution is 2.22. The lowest BCUT2D eigenvalue weighted by atomic mass is 10.1. The SMILES string of the molecule is Cc1cccc(CN2CCn3c(nn(Cc4noc(-c5cccs5)n4)c3=O)C2=O)c1. The number of carbonyl (C=O) groups excluding carboxylic acids is 1. The van der Waals surface area contributed by atoms with Crippen LogP contribution in [0.5, 0.6) is 0 Å². The minimum Gasteiger partial charge on any atom is -0.333 e. The van der Waals surface area contributed by atoms with Crippen LogP contribution in [0.15, 0.2) is 51.1 Å². The van der Waals surface area contributed by atoms with Gasteiger partial charge in [0.05, 0.1) is 4.88 Å². The first-order valence-corrected chi connectivity index (χ1v) is 10.4. The van der Waals surface area contributed by atoms with E-state index < -0.39 is 0 Å². The Bertz CT molecular complexity index is 1270. The molecule has 0 fully saturated rings. The van der Waals surface area contributed by atoms with Crippen LogP contribution in [-0.4, -0.2) is 41.8 Å². The monoisotopic (exact) mass is 422 g/mol. The normalized spacial score (nSPS) is 13.6. The van der Waals surface area contributed by atoms with Gasteiger partial charge >= 0.3 is 5.69 Å². The Morgan fingerprint density at radius 1 is 1.13 bits per heavy atom. The molecule has 3 aromatic heterocycles. The van der Waals surface area contributed by atoms with Gasteiger partial charge in [-0.1, -0.05) is 41.1 Å². The summed E-state index contributed by atoms with van der Waals surface area (Å²) in [4.78, 5) is 32.5. The van der Waals surface area contributed by atoms with E-state index in [0.29, 0.717) is 31.3 Å². The molecule has 0 spiro atoms. The number of aromatic nitrogens is 5. The van der Waals surface area contributed by atoms with Gasteiger partial charge in [-0.05, 0) is 23.9 Å². The number of hydrogen-bond donors (Lipinski definition) is 0. The van der Waals surface area contributed by atoms with Gasteiger partial charge < -0.3 is 9.42 Å². The first-order valence-electron chi connectivity index (χ1n) is 9.47. The van der Waals surface area contributed by atoms with Crippen molar-refractivity contribution < 1.29 is 9.32 Å². The minimum absolute atomic E-state index is 0.0405. The number of benzene rings is 1. The average molecular weight is 422 g/mol. The molecule has 0 radical (unpaired) electrons. The van der Waals surface area contributed by atoms with Crippen LogP contribution in [0.25, 0.3) is 10.8 Å². The van der Waals surface area contributed by atoms with E-state index in [1.165, 1.54) is 20.6 Å². The van der Waals surface area contributed by atoms with E-state index in [1.54, 1.807) is 4.90 Å². The first kappa shape index (κ1) is 18.5. The van der Waals surface area contributed by atoms with Gasteiger partial charge in [-0.15, -0.1) is 16.4 Å². The Hall–Kier alpha value is -3.53. The van der Waals surface area contributed by atoms with E-state index in [0.717, 1.165) is 16.0 Å². The van der Waals surface area contributed by atoms with Crippen molar-refractivity contribution in [3.8, 4) is 10.8 Å². The minimum atomic E-state index is -0.351. The van der Waals surface area contributed by atoms with Crippen molar-refractivity contribution in [3.63, 3.8) is 0 Å². The first-order chi connectivity index (χ1) is 14.6. The van der Waals surface area contributed by atoms with Gasteiger partial charge in [0, 0.05) is 19.6 Å². The average Bonchev–Trinajstić information content (AvgIpc) is 3.46. The molecule has 0 bridgehead atoms. The molecule has 0 aliphatic carbocycles. The van der Waals surface area contributed by atoms with E-state index in [1.807, 2.05) is 42.6 Å². The van der Waals surface area contributed by atoms with Crippen LogP contribution in [0.4, 0.5) is 0 Å². The molecule has 0 saturated heterocycles. The molecule has 1 aliphatic heterocycles. The fraction of sp³-hybridized carbons (Fsp3) is 0.250. The summed E-state index contributed by atoms with van der Waals surface area (Å²) >= 11 is 1.49. The van der Waals surface area contributed by atoms with Crippen LogP contribution >= 0.6 is 11.3 Å². The second-order valence-electron chi connectivity index (χ2n) is 7.12. The Morgan fingerprint density at radius 3 is 2.83 bits per heavy atom. The summed E-state index contributed by atoms with van der Waals surface area (Å²) in [6.07, 6.45) is 0. The van der Waals surface area contributed by atoms with Crippen molar-refractivity contribution in [2.45, 2.75) is 26.6 Å². The summed E-state index contributed by atoms with van der Waals surface area (Å²) in [6, 6.07) is 11.8. The van der Waals surface area contributed by atoms with Crippen molar-refractivity contribution in [3.05, 3.63) is 75.0 Å². The molecule has 0 unspecified atom stereocenters. The molecule has 4 aromatic rings. The van der Waals surface area contributed by atoms with Crippen LogP contribution in [0, 0.1) is 6.92 Å². The van der Waals surface area contributed by atoms with Gasteiger partial charge in [0.25, 0.3) is 11.8 Å².